The maximum absolute atomic E-state index is 4.42. The lowest BCUT2D eigenvalue weighted by molar-refractivity contribution is 0.777. The van der Waals surface area contributed by atoms with Gasteiger partial charge in [0, 0.05) is 12.8 Å². The zero-order valence-corrected chi connectivity index (χ0v) is 14.5. The molecule has 0 aliphatic carbocycles. The van der Waals surface area contributed by atoms with E-state index < -0.39 is 0 Å². The predicted molar refractivity (Wildman–Crippen MR) is 89.5 cm³/mol. The van der Waals surface area contributed by atoms with Crippen LogP contribution in [0.5, 0.6) is 0 Å². The van der Waals surface area contributed by atoms with Gasteiger partial charge >= 0.3 is 0 Å². The SMILES string of the molecule is Cc1ccc(C)c(CSc2ncnc3c2c(Br)nn3C)c1. The Morgan fingerprint density at radius 3 is 2.86 bits per heavy atom. The molecule has 0 saturated heterocycles. The van der Waals surface area contributed by atoms with Crippen LogP contribution in [0.15, 0.2) is 34.2 Å². The van der Waals surface area contributed by atoms with Crippen LogP contribution in [0.3, 0.4) is 0 Å². The van der Waals surface area contributed by atoms with Gasteiger partial charge in [-0.05, 0) is 40.9 Å². The van der Waals surface area contributed by atoms with Gasteiger partial charge in [-0.25, -0.2) is 14.6 Å². The monoisotopic (exact) mass is 362 g/mol. The number of hydrogen-bond acceptors (Lipinski definition) is 4. The Hall–Kier alpha value is -1.40. The molecule has 3 aromatic rings. The summed E-state index contributed by atoms with van der Waals surface area (Å²) in [5.74, 6) is 0.890. The minimum atomic E-state index is 0.795. The van der Waals surface area contributed by atoms with Crippen LogP contribution >= 0.6 is 27.7 Å². The zero-order chi connectivity index (χ0) is 15.0. The number of rotatable bonds is 3. The summed E-state index contributed by atoms with van der Waals surface area (Å²) >= 11 is 5.21. The largest absolute Gasteiger partial charge is 0.249 e. The molecule has 6 heteroatoms. The van der Waals surface area contributed by atoms with Crippen LogP contribution < -0.4 is 0 Å². The van der Waals surface area contributed by atoms with Gasteiger partial charge in [-0.15, -0.1) is 11.8 Å². The number of benzene rings is 1. The van der Waals surface area contributed by atoms with Gasteiger partial charge in [-0.3, -0.25) is 0 Å². The summed E-state index contributed by atoms with van der Waals surface area (Å²) < 4.78 is 2.56. The molecule has 2 heterocycles. The zero-order valence-electron chi connectivity index (χ0n) is 12.1. The van der Waals surface area contributed by atoms with E-state index in [-0.39, 0.29) is 0 Å². The number of aromatic nitrogens is 4. The first-order valence-electron chi connectivity index (χ1n) is 6.58. The molecule has 0 fully saturated rings. The molecule has 0 amide bonds. The second-order valence-electron chi connectivity index (χ2n) is 5.01. The molecule has 0 aliphatic heterocycles. The van der Waals surface area contributed by atoms with Gasteiger partial charge in [-0.1, -0.05) is 23.8 Å². The molecule has 0 atom stereocenters. The van der Waals surface area contributed by atoms with E-state index >= 15 is 0 Å². The number of nitrogens with zero attached hydrogens (tertiary/aromatic N) is 4. The van der Waals surface area contributed by atoms with E-state index in [1.54, 1.807) is 22.8 Å². The summed E-state index contributed by atoms with van der Waals surface area (Å²) in [5, 5.41) is 6.30. The van der Waals surface area contributed by atoms with E-state index in [9.17, 15) is 0 Å². The maximum Gasteiger partial charge on any atom is 0.163 e. The van der Waals surface area contributed by atoms with Gasteiger partial charge in [0.15, 0.2) is 5.65 Å². The number of halogens is 1. The third-order valence-electron chi connectivity index (χ3n) is 3.41. The fraction of sp³-hybridized carbons (Fsp3) is 0.267. The lowest BCUT2D eigenvalue weighted by Crippen LogP contribution is -1.93. The summed E-state index contributed by atoms with van der Waals surface area (Å²) in [6, 6.07) is 6.55. The summed E-state index contributed by atoms with van der Waals surface area (Å²) in [7, 11) is 1.89. The minimum absolute atomic E-state index is 0.795. The van der Waals surface area contributed by atoms with Crippen LogP contribution in [-0.2, 0) is 12.8 Å². The van der Waals surface area contributed by atoms with Crippen LogP contribution in [0.4, 0.5) is 0 Å². The van der Waals surface area contributed by atoms with E-state index in [4.69, 9.17) is 0 Å². The first-order chi connectivity index (χ1) is 10.1. The molecule has 0 saturated carbocycles. The molecular weight excluding hydrogens is 348 g/mol. The van der Waals surface area contributed by atoms with Gasteiger partial charge in [0.05, 0.1) is 5.39 Å². The lowest BCUT2D eigenvalue weighted by Gasteiger charge is -2.07. The van der Waals surface area contributed by atoms with Gasteiger partial charge in [0.25, 0.3) is 0 Å². The second-order valence-corrected chi connectivity index (χ2v) is 6.73. The van der Waals surface area contributed by atoms with Gasteiger partial charge < -0.3 is 0 Å². The summed E-state index contributed by atoms with van der Waals surface area (Å²) in [5.41, 5.74) is 4.78. The van der Waals surface area contributed by atoms with Crippen molar-refractivity contribution in [3.8, 4) is 0 Å². The summed E-state index contributed by atoms with van der Waals surface area (Å²) in [6.07, 6.45) is 1.60. The molecule has 0 spiro atoms. The molecule has 4 nitrogen and oxygen atoms in total. The number of hydrogen-bond donors (Lipinski definition) is 0. The number of fused-ring (bicyclic) bond motifs is 1. The number of aryl methyl sites for hydroxylation is 3. The maximum atomic E-state index is 4.42. The van der Waals surface area contributed by atoms with E-state index in [1.165, 1.54) is 16.7 Å². The van der Waals surface area contributed by atoms with Crippen molar-refractivity contribution in [2.75, 3.05) is 0 Å². The number of thioether (sulfide) groups is 1. The van der Waals surface area contributed by atoms with Crippen molar-refractivity contribution in [3.05, 3.63) is 45.8 Å². The normalized spacial score (nSPS) is 11.2. The topological polar surface area (TPSA) is 43.6 Å². The fourth-order valence-electron chi connectivity index (χ4n) is 2.23. The molecule has 1 aromatic carbocycles. The quantitative estimate of drug-likeness (QED) is 0.521. The highest BCUT2D eigenvalue weighted by Crippen LogP contribution is 2.32. The van der Waals surface area contributed by atoms with Crippen molar-refractivity contribution >= 4 is 38.7 Å². The van der Waals surface area contributed by atoms with Crippen LogP contribution in [0, 0.1) is 13.8 Å². The molecule has 3 rings (SSSR count). The molecule has 21 heavy (non-hydrogen) atoms. The molecule has 2 aromatic heterocycles. The minimum Gasteiger partial charge on any atom is -0.249 e. The lowest BCUT2D eigenvalue weighted by atomic mass is 10.1. The molecule has 108 valence electrons. The highest BCUT2D eigenvalue weighted by atomic mass is 79.9. The Morgan fingerprint density at radius 2 is 2.05 bits per heavy atom. The van der Waals surface area contributed by atoms with Crippen molar-refractivity contribution in [2.45, 2.75) is 24.6 Å². The second kappa shape index (κ2) is 5.77. The van der Waals surface area contributed by atoms with Crippen molar-refractivity contribution in [1.82, 2.24) is 19.7 Å². The smallest absolute Gasteiger partial charge is 0.163 e. The van der Waals surface area contributed by atoms with Crippen LogP contribution in [-0.4, -0.2) is 19.7 Å². The molecule has 0 unspecified atom stereocenters. The van der Waals surface area contributed by atoms with Crippen LogP contribution in [0.2, 0.25) is 0 Å². The van der Waals surface area contributed by atoms with Crippen molar-refractivity contribution in [3.63, 3.8) is 0 Å². The molecule has 0 radical (unpaired) electrons. The van der Waals surface area contributed by atoms with Gasteiger partial charge in [0.1, 0.15) is 16.0 Å². The predicted octanol–water partition coefficient (Wildman–Crippen LogP) is 4.03. The summed E-state index contributed by atoms with van der Waals surface area (Å²) in [6.45, 7) is 4.26. The van der Waals surface area contributed by atoms with Crippen molar-refractivity contribution in [1.29, 1.82) is 0 Å². The van der Waals surface area contributed by atoms with Gasteiger partial charge in [-0.2, -0.15) is 5.10 Å². The Labute approximate surface area is 136 Å². The van der Waals surface area contributed by atoms with Crippen LogP contribution in [0.1, 0.15) is 16.7 Å². The molecular formula is C15H15BrN4S. The van der Waals surface area contributed by atoms with E-state index in [0.29, 0.717) is 0 Å². The Morgan fingerprint density at radius 1 is 1.24 bits per heavy atom. The summed E-state index contributed by atoms with van der Waals surface area (Å²) in [4.78, 5) is 8.71. The molecule has 0 aliphatic rings. The average Bonchev–Trinajstić information content (AvgIpc) is 2.76. The Balaban J connectivity index is 1.94. The van der Waals surface area contributed by atoms with E-state index in [1.807, 2.05) is 7.05 Å². The highest BCUT2D eigenvalue weighted by molar-refractivity contribution is 9.10. The molecule has 0 bridgehead atoms. The fourth-order valence-corrected chi connectivity index (χ4v) is 4.02. The molecule has 0 N–H and O–H groups in total. The standard InChI is InChI=1S/C15H15BrN4S/c1-9-4-5-10(2)11(6-9)7-21-15-12-13(16)19-20(3)14(12)17-8-18-15/h4-6,8H,7H2,1-3H3. The third kappa shape index (κ3) is 2.82. The van der Waals surface area contributed by atoms with Crippen molar-refractivity contribution in [2.24, 2.45) is 7.05 Å². The van der Waals surface area contributed by atoms with E-state index in [2.05, 4.69) is 63.0 Å². The Kier molecular flexibility index (Phi) is 3.99. The first-order valence-corrected chi connectivity index (χ1v) is 8.36. The Bertz CT molecular complexity index is 813. The van der Waals surface area contributed by atoms with Gasteiger partial charge in [0.2, 0.25) is 0 Å². The highest BCUT2D eigenvalue weighted by Gasteiger charge is 2.14. The third-order valence-corrected chi connectivity index (χ3v) is 5.01. The van der Waals surface area contributed by atoms with Crippen LogP contribution in [0.25, 0.3) is 11.0 Å². The average molecular weight is 363 g/mol. The van der Waals surface area contributed by atoms with E-state index in [0.717, 1.165) is 26.4 Å². The van der Waals surface area contributed by atoms with Crippen molar-refractivity contribution < 1.29 is 0 Å². The first kappa shape index (κ1) is 14.5.